The van der Waals surface area contributed by atoms with Gasteiger partial charge in [-0.05, 0) is 79.8 Å². The minimum absolute atomic E-state index is 0.139. The standard InChI is InChI=1S/C27H24N4O2S/c1-18-8-12-21(13-9-18)31-25(24(29-27(31)34)22-6-3-4-16-28-22)23-7-5-17-30(23)20-14-10-19(11-15-20)26(32)33-2/h3-17,24-25H,1-2H3,(H,29,34). The first-order chi connectivity index (χ1) is 16.6. The minimum atomic E-state index is -0.356. The van der Waals surface area contributed by atoms with Gasteiger partial charge in [-0.2, -0.15) is 0 Å². The number of hydrogen-bond donors (Lipinski definition) is 1. The van der Waals surface area contributed by atoms with E-state index in [2.05, 4.69) is 57.0 Å². The van der Waals surface area contributed by atoms with Crippen LogP contribution in [0.25, 0.3) is 5.69 Å². The van der Waals surface area contributed by atoms with Gasteiger partial charge in [0.05, 0.1) is 24.4 Å². The maximum atomic E-state index is 11.9. The molecular formula is C27H24N4O2S. The average Bonchev–Trinajstić information content (AvgIpc) is 3.49. The Labute approximate surface area is 203 Å². The normalized spacial score (nSPS) is 17.5. The Hall–Kier alpha value is -3.97. The first-order valence-corrected chi connectivity index (χ1v) is 11.4. The number of ether oxygens (including phenoxy) is 1. The maximum absolute atomic E-state index is 11.9. The number of methoxy groups -OCH3 is 1. The van der Waals surface area contributed by atoms with E-state index >= 15 is 0 Å². The predicted molar refractivity (Wildman–Crippen MR) is 136 cm³/mol. The number of aryl methyl sites for hydroxylation is 1. The van der Waals surface area contributed by atoms with E-state index in [1.165, 1.54) is 12.7 Å². The van der Waals surface area contributed by atoms with E-state index in [1.807, 2.05) is 42.6 Å². The molecule has 6 nitrogen and oxygen atoms in total. The quantitative estimate of drug-likeness (QED) is 0.323. The molecule has 0 radical (unpaired) electrons. The zero-order valence-electron chi connectivity index (χ0n) is 18.9. The van der Waals surface area contributed by atoms with E-state index in [9.17, 15) is 4.79 Å². The molecule has 1 fully saturated rings. The first kappa shape index (κ1) is 21.9. The highest BCUT2D eigenvalue weighted by Gasteiger charge is 2.42. The number of carbonyl (C=O) groups is 1. The molecule has 0 bridgehead atoms. The van der Waals surface area contributed by atoms with Crippen LogP contribution in [-0.2, 0) is 4.74 Å². The molecule has 2 aromatic carbocycles. The van der Waals surface area contributed by atoms with Crippen LogP contribution in [0, 0.1) is 6.92 Å². The molecule has 1 aliphatic heterocycles. The van der Waals surface area contributed by atoms with Crippen molar-refractivity contribution in [1.82, 2.24) is 14.9 Å². The molecule has 0 spiro atoms. The molecular weight excluding hydrogens is 444 g/mol. The van der Waals surface area contributed by atoms with Crippen LogP contribution in [0.1, 0.15) is 39.4 Å². The lowest BCUT2D eigenvalue weighted by Crippen LogP contribution is -2.30. The second-order valence-corrected chi connectivity index (χ2v) is 8.56. The van der Waals surface area contributed by atoms with E-state index < -0.39 is 0 Å². The van der Waals surface area contributed by atoms with Crippen molar-refractivity contribution in [3.05, 3.63) is 114 Å². The molecule has 0 saturated carbocycles. The summed E-state index contributed by atoms with van der Waals surface area (Å²) in [5.41, 5.74) is 5.62. The predicted octanol–water partition coefficient (Wildman–Crippen LogP) is 5.14. The second kappa shape index (κ2) is 9.11. The highest BCUT2D eigenvalue weighted by molar-refractivity contribution is 7.80. The number of pyridine rings is 1. The van der Waals surface area contributed by atoms with Gasteiger partial charge >= 0.3 is 5.97 Å². The molecule has 7 heteroatoms. The summed E-state index contributed by atoms with van der Waals surface area (Å²) >= 11 is 5.83. The number of nitrogens with one attached hydrogen (secondary N) is 1. The molecule has 0 aliphatic carbocycles. The Balaban J connectivity index is 1.61. The molecule has 1 aliphatic rings. The van der Waals surface area contributed by atoms with Crippen molar-refractivity contribution in [2.24, 2.45) is 0 Å². The lowest BCUT2D eigenvalue weighted by Gasteiger charge is -2.29. The summed E-state index contributed by atoms with van der Waals surface area (Å²) < 4.78 is 6.96. The lowest BCUT2D eigenvalue weighted by atomic mass is 10.0. The van der Waals surface area contributed by atoms with Crippen molar-refractivity contribution >= 4 is 29.0 Å². The Morgan fingerprint density at radius 2 is 1.71 bits per heavy atom. The fourth-order valence-electron chi connectivity index (χ4n) is 4.39. The van der Waals surface area contributed by atoms with Gasteiger partial charge < -0.3 is 19.5 Å². The van der Waals surface area contributed by atoms with Crippen molar-refractivity contribution in [2.75, 3.05) is 12.0 Å². The smallest absolute Gasteiger partial charge is 0.337 e. The molecule has 2 atom stereocenters. The maximum Gasteiger partial charge on any atom is 0.337 e. The topological polar surface area (TPSA) is 59.4 Å². The fraction of sp³-hybridized carbons (Fsp3) is 0.148. The second-order valence-electron chi connectivity index (χ2n) is 8.17. The summed E-state index contributed by atoms with van der Waals surface area (Å²) in [7, 11) is 1.38. The van der Waals surface area contributed by atoms with Crippen LogP contribution in [0.15, 0.2) is 91.3 Å². The van der Waals surface area contributed by atoms with Gasteiger partial charge in [0.1, 0.15) is 6.04 Å². The van der Waals surface area contributed by atoms with Crippen molar-refractivity contribution in [2.45, 2.75) is 19.0 Å². The van der Waals surface area contributed by atoms with Crippen molar-refractivity contribution in [3.8, 4) is 5.69 Å². The van der Waals surface area contributed by atoms with E-state index in [-0.39, 0.29) is 18.1 Å². The number of rotatable bonds is 5. The van der Waals surface area contributed by atoms with Gasteiger partial charge in [0, 0.05) is 29.5 Å². The number of thiocarbonyl (C=S) groups is 1. The van der Waals surface area contributed by atoms with Crippen LogP contribution in [-0.4, -0.2) is 27.7 Å². The fourth-order valence-corrected chi connectivity index (χ4v) is 4.73. The molecule has 2 aromatic heterocycles. The number of anilines is 1. The first-order valence-electron chi connectivity index (χ1n) is 11.0. The van der Waals surface area contributed by atoms with Gasteiger partial charge in [-0.15, -0.1) is 0 Å². The van der Waals surface area contributed by atoms with E-state index in [0.29, 0.717) is 10.7 Å². The summed E-state index contributed by atoms with van der Waals surface area (Å²) in [5, 5.41) is 4.15. The number of esters is 1. The lowest BCUT2D eigenvalue weighted by molar-refractivity contribution is 0.0600. The summed E-state index contributed by atoms with van der Waals surface area (Å²) in [6.07, 6.45) is 3.82. The van der Waals surface area contributed by atoms with Gasteiger partial charge in [0.2, 0.25) is 0 Å². The minimum Gasteiger partial charge on any atom is -0.465 e. The van der Waals surface area contributed by atoms with Gasteiger partial charge in [-0.3, -0.25) is 4.98 Å². The molecule has 5 rings (SSSR count). The Morgan fingerprint density at radius 3 is 2.38 bits per heavy atom. The van der Waals surface area contributed by atoms with Gasteiger partial charge in [-0.25, -0.2) is 4.79 Å². The van der Waals surface area contributed by atoms with Gasteiger partial charge in [-0.1, -0.05) is 23.8 Å². The number of nitrogens with zero attached hydrogens (tertiary/aromatic N) is 3. The monoisotopic (exact) mass is 468 g/mol. The molecule has 34 heavy (non-hydrogen) atoms. The van der Waals surface area contributed by atoms with E-state index in [1.54, 1.807) is 18.3 Å². The average molecular weight is 469 g/mol. The Morgan fingerprint density at radius 1 is 0.971 bits per heavy atom. The molecule has 0 amide bonds. The zero-order valence-corrected chi connectivity index (χ0v) is 19.7. The van der Waals surface area contributed by atoms with Crippen molar-refractivity contribution < 1.29 is 9.53 Å². The van der Waals surface area contributed by atoms with Crippen molar-refractivity contribution in [1.29, 1.82) is 0 Å². The van der Waals surface area contributed by atoms with Crippen LogP contribution in [0.5, 0.6) is 0 Å². The van der Waals surface area contributed by atoms with Gasteiger partial charge in [0.25, 0.3) is 0 Å². The third-order valence-corrected chi connectivity index (χ3v) is 6.37. The molecule has 1 saturated heterocycles. The Bertz CT molecular complexity index is 1320. The third-order valence-electron chi connectivity index (χ3n) is 6.06. The SMILES string of the molecule is COC(=O)c1ccc(-n2cccc2C2C(c3ccccn3)NC(=S)N2c2ccc(C)cc2)cc1. The highest BCUT2D eigenvalue weighted by Crippen LogP contribution is 2.42. The molecule has 4 aromatic rings. The van der Waals surface area contributed by atoms with Crippen LogP contribution >= 0.6 is 12.2 Å². The molecule has 170 valence electrons. The summed E-state index contributed by atoms with van der Waals surface area (Å²) in [6, 6.07) is 25.5. The summed E-state index contributed by atoms with van der Waals surface area (Å²) in [4.78, 5) is 18.7. The van der Waals surface area contributed by atoms with Crippen LogP contribution in [0.2, 0.25) is 0 Å². The molecule has 2 unspecified atom stereocenters. The zero-order chi connectivity index (χ0) is 23.7. The van der Waals surface area contributed by atoms with Crippen LogP contribution in [0.3, 0.4) is 0 Å². The van der Waals surface area contributed by atoms with E-state index in [4.69, 9.17) is 17.0 Å². The summed E-state index contributed by atoms with van der Waals surface area (Å²) in [6.45, 7) is 2.07. The third kappa shape index (κ3) is 3.95. The van der Waals surface area contributed by atoms with Crippen LogP contribution < -0.4 is 10.2 Å². The number of hydrogen-bond acceptors (Lipinski definition) is 4. The molecule has 1 N–H and O–H groups in total. The summed E-state index contributed by atoms with van der Waals surface area (Å²) in [5.74, 6) is -0.356. The highest BCUT2D eigenvalue weighted by atomic mass is 32.1. The number of carbonyl (C=O) groups excluding carboxylic acids is 1. The molecule has 3 heterocycles. The largest absolute Gasteiger partial charge is 0.465 e. The van der Waals surface area contributed by atoms with Crippen molar-refractivity contribution in [3.63, 3.8) is 0 Å². The van der Waals surface area contributed by atoms with Crippen LogP contribution in [0.4, 0.5) is 5.69 Å². The number of aromatic nitrogens is 2. The van der Waals surface area contributed by atoms with E-state index in [0.717, 1.165) is 22.8 Å². The van der Waals surface area contributed by atoms with Gasteiger partial charge in [0.15, 0.2) is 5.11 Å². The Kier molecular flexibility index (Phi) is 5.86. The number of benzene rings is 2.